The summed E-state index contributed by atoms with van der Waals surface area (Å²) in [6, 6.07) is 7.84. The molecule has 6 nitrogen and oxygen atoms in total. The van der Waals surface area contributed by atoms with Gasteiger partial charge in [0.05, 0.1) is 10.5 Å². The van der Waals surface area contributed by atoms with Crippen LogP contribution in [0.5, 0.6) is 0 Å². The third kappa shape index (κ3) is 3.52. The fraction of sp³-hybridized carbons (Fsp3) is 0.154. The number of sulfonamides is 1. The number of carbonyl (C=O) groups is 1. The third-order valence-corrected chi connectivity index (χ3v) is 4.97. The van der Waals surface area contributed by atoms with Crippen LogP contribution in [-0.2, 0) is 10.0 Å². The molecule has 2 N–H and O–H groups in total. The summed E-state index contributed by atoms with van der Waals surface area (Å²) < 4.78 is 29.8. The number of amides is 1. The molecule has 2 aromatic rings. The zero-order chi connectivity index (χ0) is 15.6. The first-order chi connectivity index (χ1) is 9.81. The van der Waals surface area contributed by atoms with Gasteiger partial charge in [-0.05, 0) is 48.0 Å². The van der Waals surface area contributed by atoms with Crippen molar-refractivity contribution in [2.24, 2.45) is 0 Å². The lowest BCUT2D eigenvalue weighted by Gasteiger charge is -2.09. The second-order valence-corrected chi connectivity index (χ2v) is 6.82. The van der Waals surface area contributed by atoms with E-state index in [0.717, 1.165) is 0 Å². The van der Waals surface area contributed by atoms with Crippen LogP contribution in [0.4, 0.5) is 0 Å². The van der Waals surface area contributed by atoms with Crippen molar-refractivity contribution in [1.29, 1.82) is 0 Å². The van der Waals surface area contributed by atoms with Gasteiger partial charge < -0.3 is 4.42 Å². The summed E-state index contributed by atoms with van der Waals surface area (Å²) >= 11 is 3.15. The Labute approximate surface area is 130 Å². The lowest BCUT2D eigenvalue weighted by atomic mass is 10.2. The van der Waals surface area contributed by atoms with Gasteiger partial charge in [-0.3, -0.25) is 10.2 Å². The maximum atomic E-state index is 12.1. The minimum atomic E-state index is -3.86. The van der Waals surface area contributed by atoms with Crippen molar-refractivity contribution in [2.45, 2.75) is 18.7 Å². The highest BCUT2D eigenvalue weighted by Crippen LogP contribution is 2.20. The number of carbonyl (C=O) groups excluding carboxylic acids is 1. The second-order valence-electron chi connectivity index (χ2n) is 4.32. The highest BCUT2D eigenvalue weighted by atomic mass is 79.9. The van der Waals surface area contributed by atoms with E-state index < -0.39 is 15.9 Å². The molecule has 0 atom stereocenters. The molecular formula is C13H13BrN2O4S. The smallest absolute Gasteiger partial charge is 0.269 e. The molecule has 1 amide bonds. The van der Waals surface area contributed by atoms with Crippen molar-refractivity contribution < 1.29 is 17.6 Å². The monoisotopic (exact) mass is 372 g/mol. The maximum Gasteiger partial charge on any atom is 0.269 e. The molecule has 112 valence electrons. The van der Waals surface area contributed by atoms with Crippen molar-refractivity contribution >= 4 is 31.9 Å². The van der Waals surface area contributed by atoms with E-state index in [-0.39, 0.29) is 10.5 Å². The molecule has 0 saturated heterocycles. The number of halogens is 1. The quantitative estimate of drug-likeness (QED) is 0.805. The summed E-state index contributed by atoms with van der Waals surface area (Å²) in [7, 11) is -3.86. The largest absolute Gasteiger partial charge is 0.466 e. The number of hydrogen-bond acceptors (Lipinski definition) is 4. The van der Waals surface area contributed by atoms with Gasteiger partial charge in [0, 0.05) is 4.47 Å². The van der Waals surface area contributed by atoms with Crippen molar-refractivity contribution in [1.82, 2.24) is 10.3 Å². The molecule has 0 aliphatic rings. The maximum absolute atomic E-state index is 12.1. The Morgan fingerprint density at radius 1 is 1.24 bits per heavy atom. The summed E-state index contributed by atoms with van der Waals surface area (Å²) in [5.74, 6) is 0.413. The zero-order valence-corrected chi connectivity index (χ0v) is 13.7. The van der Waals surface area contributed by atoms with Crippen LogP contribution < -0.4 is 10.3 Å². The van der Waals surface area contributed by atoms with Gasteiger partial charge in [0.25, 0.3) is 15.9 Å². The Hall–Kier alpha value is -1.64. The van der Waals surface area contributed by atoms with E-state index in [1.54, 1.807) is 32.0 Å². The first-order valence-electron chi connectivity index (χ1n) is 5.95. The van der Waals surface area contributed by atoms with E-state index in [9.17, 15) is 13.2 Å². The Kier molecular flexibility index (Phi) is 4.50. The highest BCUT2D eigenvalue weighted by molar-refractivity contribution is 9.10. The molecule has 0 aliphatic heterocycles. The van der Waals surface area contributed by atoms with E-state index in [2.05, 4.69) is 26.2 Å². The third-order valence-electron chi connectivity index (χ3n) is 2.71. The molecule has 8 heteroatoms. The predicted octanol–water partition coefficient (Wildman–Crippen LogP) is 2.28. The topological polar surface area (TPSA) is 88.4 Å². The Morgan fingerprint density at radius 2 is 1.90 bits per heavy atom. The summed E-state index contributed by atoms with van der Waals surface area (Å²) in [4.78, 5) is 14.0. The molecule has 0 radical (unpaired) electrons. The van der Waals surface area contributed by atoms with Crippen LogP contribution >= 0.6 is 15.9 Å². The van der Waals surface area contributed by atoms with Gasteiger partial charge in [0.2, 0.25) is 0 Å². The number of rotatable bonds is 4. The molecule has 1 heterocycles. The molecule has 1 aromatic heterocycles. The minimum Gasteiger partial charge on any atom is -0.466 e. The highest BCUT2D eigenvalue weighted by Gasteiger charge is 2.20. The second kappa shape index (κ2) is 6.00. The minimum absolute atomic E-state index is 0.0328. The molecule has 2 rings (SSSR count). The van der Waals surface area contributed by atoms with Crippen molar-refractivity contribution in [3.8, 4) is 0 Å². The molecule has 0 fully saturated rings. The zero-order valence-electron chi connectivity index (χ0n) is 11.3. The van der Waals surface area contributed by atoms with Crippen molar-refractivity contribution in [3.05, 3.63) is 51.9 Å². The lowest BCUT2D eigenvalue weighted by molar-refractivity contribution is 0.0943. The number of aryl methyl sites for hydroxylation is 2. The average molecular weight is 373 g/mol. The van der Waals surface area contributed by atoms with Crippen LogP contribution in [0.3, 0.4) is 0 Å². The normalized spacial score (nSPS) is 11.4. The fourth-order valence-electron chi connectivity index (χ4n) is 1.75. The van der Waals surface area contributed by atoms with Gasteiger partial charge in [-0.2, -0.15) is 0 Å². The number of nitrogens with one attached hydrogen (secondary N) is 2. The van der Waals surface area contributed by atoms with E-state index in [0.29, 0.717) is 16.0 Å². The first kappa shape index (κ1) is 15.7. The van der Waals surface area contributed by atoms with Gasteiger partial charge in [-0.1, -0.05) is 12.1 Å². The van der Waals surface area contributed by atoms with Gasteiger partial charge in [-0.25, -0.2) is 8.42 Å². The SMILES string of the molecule is Cc1cc(C(=O)NNS(=O)(=O)c2ccccc2Br)c(C)o1. The fourth-order valence-corrected chi connectivity index (χ4v) is 3.60. The van der Waals surface area contributed by atoms with Crippen LogP contribution in [-0.4, -0.2) is 14.3 Å². The van der Waals surface area contributed by atoms with E-state index in [1.165, 1.54) is 12.1 Å². The molecular weight excluding hydrogens is 360 g/mol. The van der Waals surface area contributed by atoms with E-state index in [1.807, 2.05) is 0 Å². The number of hydrazine groups is 1. The molecule has 0 unspecified atom stereocenters. The molecule has 0 spiro atoms. The molecule has 1 aromatic carbocycles. The van der Waals surface area contributed by atoms with E-state index in [4.69, 9.17) is 4.42 Å². The Bertz CT molecular complexity index is 783. The van der Waals surface area contributed by atoms with E-state index >= 15 is 0 Å². The average Bonchev–Trinajstić information content (AvgIpc) is 2.75. The molecule has 21 heavy (non-hydrogen) atoms. The Morgan fingerprint density at radius 3 is 2.48 bits per heavy atom. The molecule has 0 saturated carbocycles. The number of furan rings is 1. The van der Waals surface area contributed by atoms with Crippen molar-refractivity contribution in [3.63, 3.8) is 0 Å². The summed E-state index contributed by atoms with van der Waals surface area (Å²) in [5, 5.41) is 0. The van der Waals surface area contributed by atoms with Crippen molar-refractivity contribution in [2.75, 3.05) is 0 Å². The Balaban J connectivity index is 2.14. The van der Waals surface area contributed by atoms with Crippen LogP contribution in [0.2, 0.25) is 0 Å². The van der Waals surface area contributed by atoms with Crippen LogP contribution in [0.1, 0.15) is 21.9 Å². The van der Waals surface area contributed by atoms with Crippen LogP contribution in [0.15, 0.2) is 44.1 Å². The molecule has 0 aliphatic carbocycles. The van der Waals surface area contributed by atoms with Gasteiger partial charge >= 0.3 is 0 Å². The molecule has 0 bridgehead atoms. The van der Waals surface area contributed by atoms with Gasteiger partial charge in [-0.15, -0.1) is 4.83 Å². The lowest BCUT2D eigenvalue weighted by Crippen LogP contribution is -2.41. The van der Waals surface area contributed by atoms with Gasteiger partial charge in [0.1, 0.15) is 11.5 Å². The van der Waals surface area contributed by atoms with Crippen LogP contribution in [0.25, 0.3) is 0 Å². The number of hydrogen-bond donors (Lipinski definition) is 2. The first-order valence-corrected chi connectivity index (χ1v) is 8.22. The summed E-state index contributed by atoms with van der Waals surface area (Å²) in [6.45, 7) is 3.33. The van der Waals surface area contributed by atoms with Crippen LogP contribution in [0, 0.1) is 13.8 Å². The number of benzene rings is 1. The standard InChI is InChI=1S/C13H13BrN2O4S/c1-8-7-10(9(2)20-8)13(17)15-16-21(18,19)12-6-4-3-5-11(12)14/h3-7,16H,1-2H3,(H,15,17). The summed E-state index contributed by atoms with van der Waals surface area (Å²) in [6.07, 6.45) is 0. The summed E-state index contributed by atoms with van der Waals surface area (Å²) in [5.41, 5.74) is 2.44. The predicted molar refractivity (Wildman–Crippen MR) is 80.1 cm³/mol. The van der Waals surface area contributed by atoms with Gasteiger partial charge in [0.15, 0.2) is 0 Å².